The highest BCUT2D eigenvalue weighted by Crippen LogP contribution is 2.40. The largest absolute Gasteiger partial charge is 0.497 e. The van der Waals surface area contributed by atoms with Crippen LogP contribution in [-0.2, 0) is 11.6 Å². The van der Waals surface area contributed by atoms with Gasteiger partial charge in [0.15, 0.2) is 17.3 Å². The Labute approximate surface area is 198 Å². The summed E-state index contributed by atoms with van der Waals surface area (Å²) in [6, 6.07) is 7.50. The molecular formula is C23H24F4N6O2. The standard InChI is InChI=1S/C23H24F4N6O2/c1-35-15-7-5-14(6-8-15)22(9-3-2-4-10-22)13-30-20(34)16-12-33(32-18(16)23(25,26)27)21-29-11-17(24)19(28)31-21/h5-8,11-12H,2-4,9-10,13H2,1H3,(H,30,34)(H2,28,29,31). The van der Waals surface area contributed by atoms with Crippen molar-refractivity contribution in [3.05, 3.63) is 59.3 Å². The number of carbonyl (C=O) groups excluding carboxylic acids is 1. The average Bonchev–Trinajstić information content (AvgIpc) is 3.31. The molecular weight excluding hydrogens is 468 g/mol. The molecule has 3 N–H and O–H groups in total. The molecule has 0 atom stereocenters. The van der Waals surface area contributed by atoms with E-state index < -0.39 is 46.3 Å². The zero-order valence-electron chi connectivity index (χ0n) is 18.9. The van der Waals surface area contributed by atoms with E-state index in [0.29, 0.717) is 16.6 Å². The molecule has 186 valence electrons. The molecule has 4 rings (SSSR count). The number of alkyl halides is 3. The smallest absolute Gasteiger partial charge is 0.435 e. The second-order valence-corrected chi connectivity index (χ2v) is 8.49. The van der Waals surface area contributed by atoms with Gasteiger partial charge in [0.05, 0.1) is 18.9 Å². The third-order valence-corrected chi connectivity index (χ3v) is 6.29. The van der Waals surface area contributed by atoms with Crippen LogP contribution in [0.15, 0.2) is 36.7 Å². The summed E-state index contributed by atoms with van der Waals surface area (Å²) in [6.45, 7) is 0.153. The van der Waals surface area contributed by atoms with Crippen LogP contribution >= 0.6 is 0 Å². The van der Waals surface area contributed by atoms with Gasteiger partial charge in [0.1, 0.15) is 5.75 Å². The lowest BCUT2D eigenvalue weighted by Crippen LogP contribution is -2.42. The van der Waals surface area contributed by atoms with Crippen molar-refractivity contribution in [2.24, 2.45) is 0 Å². The average molecular weight is 492 g/mol. The number of amides is 1. The summed E-state index contributed by atoms with van der Waals surface area (Å²) in [7, 11) is 1.56. The molecule has 1 fully saturated rings. The summed E-state index contributed by atoms with van der Waals surface area (Å²) in [5, 5.41) is 6.13. The number of carbonyl (C=O) groups is 1. The summed E-state index contributed by atoms with van der Waals surface area (Å²) in [6.07, 6.45) is 1.18. The van der Waals surface area contributed by atoms with Crippen LogP contribution in [0.2, 0.25) is 0 Å². The first-order chi connectivity index (χ1) is 16.6. The predicted molar refractivity (Wildman–Crippen MR) is 119 cm³/mol. The highest BCUT2D eigenvalue weighted by Gasteiger charge is 2.41. The quantitative estimate of drug-likeness (QED) is 0.503. The first-order valence-corrected chi connectivity index (χ1v) is 11.0. The number of nitrogens with one attached hydrogen (secondary N) is 1. The Morgan fingerprint density at radius 1 is 1.20 bits per heavy atom. The summed E-state index contributed by atoms with van der Waals surface area (Å²) < 4.78 is 60.3. The van der Waals surface area contributed by atoms with E-state index in [0.717, 1.165) is 43.9 Å². The fourth-order valence-corrected chi connectivity index (χ4v) is 4.42. The fourth-order valence-electron chi connectivity index (χ4n) is 4.42. The Bertz CT molecular complexity index is 1200. The number of methoxy groups -OCH3 is 1. The molecule has 0 unspecified atom stereocenters. The minimum atomic E-state index is -4.91. The van der Waals surface area contributed by atoms with E-state index in [1.165, 1.54) is 0 Å². The van der Waals surface area contributed by atoms with Gasteiger partial charge in [0, 0.05) is 18.2 Å². The van der Waals surface area contributed by atoms with Crippen molar-refractivity contribution in [2.45, 2.75) is 43.7 Å². The van der Waals surface area contributed by atoms with Gasteiger partial charge in [-0.05, 0) is 30.5 Å². The van der Waals surface area contributed by atoms with Gasteiger partial charge in [-0.15, -0.1) is 0 Å². The van der Waals surface area contributed by atoms with Gasteiger partial charge in [-0.1, -0.05) is 31.4 Å². The molecule has 35 heavy (non-hydrogen) atoms. The van der Waals surface area contributed by atoms with Crippen LogP contribution in [0.5, 0.6) is 5.75 Å². The zero-order valence-corrected chi connectivity index (χ0v) is 18.9. The number of hydrogen-bond donors (Lipinski definition) is 2. The van der Waals surface area contributed by atoms with Gasteiger partial charge in [-0.25, -0.2) is 14.1 Å². The molecule has 0 bridgehead atoms. The number of rotatable bonds is 6. The lowest BCUT2D eigenvalue weighted by atomic mass is 9.69. The third-order valence-electron chi connectivity index (χ3n) is 6.29. The van der Waals surface area contributed by atoms with Crippen molar-refractivity contribution in [1.82, 2.24) is 25.1 Å². The maximum Gasteiger partial charge on any atom is 0.435 e. The molecule has 2 aromatic heterocycles. The van der Waals surface area contributed by atoms with Gasteiger partial charge in [0.2, 0.25) is 0 Å². The Morgan fingerprint density at radius 3 is 2.49 bits per heavy atom. The number of hydrogen-bond acceptors (Lipinski definition) is 6. The number of benzene rings is 1. The Hall–Kier alpha value is -3.70. The summed E-state index contributed by atoms with van der Waals surface area (Å²) >= 11 is 0. The van der Waals surface area contributed by atoms with Crippen LogP contribution < -0.4 is 15.8 Å². The van der Waals surface area contributed by atoms with Crippen LogP contribution in [0.1, 0.15) is 53.7 Å². The molecule has 0 saturated heterocycles. The normalized spacial score (nSPS) is 15.6. The first-order valence-electron chi connectivity index (χ1n) is 11.0. The minimum Gasteiger partial charge on any atom is -0.497 e. The maximum absolute atomic E-state index is 13.7. The van der Waals surface area contributed by atoms with E-state index >= 15 is 0 Å². The minimum absolute atomic E-state index is 0.153. The monoisotopic (exact) mass is 492 g/mol. The van der Waals surface area contributed by atoms with Crippen molar-refractivity contribution >= 4 is 11.7 Å². The molecule has 1 aliphatic rings. The van der Waals surface area contributed by atoms with Crippen molar-refractivity contribution in [3.8, 4) is 11.7 Å². The third kappa shape index (κ3) is 5.05. The molecule has 0 aliphatic heterocycles. The molecule has 2 heterocycles. The van der Waals surface area contributed by atoms with Gasteiger partial charge >= 0.3 is 6.18 Å². The number of nitrogens with zero attached hydrogens (tertiary/aromatic N) is 4. The fraction of sp³-hybridized carbons (Fsp3) is 0.391. The van der Waals surface area contributed by atoms with Crippen molar-refractivity contribution in [1.29, 1.82) is 0 Å². The lowest BCUT2D eigenvalue weighted by molar-refractivity contribution is -0.141. The van der Waals surface area contributed by atoms with Gasteiger partial charge in [0.25, 0.3) is 11.9 Å². The molecule has 0 radical (unpaired) electrons. The number of nitrogen functional groups attached to an aromatic ring is 1. The highest BCUT2D eigenvalue weighted by molar-refractivity contribution is 5.95. The second kappa shape index (κ2) is 9.51. The summed E-state index contributed by atoms with van der Waals surface area (Å²) in [4.78, 5) is 20.2. The van der Waals surface area contributed by atoms with Crippen LogP contribution in [0.4, 0.5) is 23.4 Å². The Balaban J connectivity index is 1.62. The molecule has 1 amide bonds. The second-order valence-electron chi connectivity index (χ2n) is 8.49. The van der Waals surface area contributed by atoms with E-state index in [1.54, 1.807) is 7.11 Å². The van der Waals surface area contributed by atoms with E-state index in [4.69, 9.17) is 10.5 Å². The number of halogens is 4. The Kier molecular flexibility index (Phi) is 6.64. The SMILES string of the molecule is COc1ccc(C2(CNC(=O)c3cn(-c4ncc(F)c(N)n4)nc3C(F)(F)F)CCCCC2)cc1. The van der Waals surface area contributed by atoms with E-state index in [-0.39, 0.29) is 6.54 Å². The van der Waals surface area contributed by atoms with Gasteiger partial charge in [-0.2, -0.15) is 23.3 Å². The molecule has 1 aromatic carbocycles. The van der Waals surface area contributed by atoms with E-state index in [1.807, 2.05) is 24.3 Å². The molecule has 1 aliphatic carbocycles. The van der Waals surface area contributed by atoms with Crippen molar-refractivity contribution in [2.75, 3.05) is 19.4 Å². The van der Waals surface area contributed by atoms with Crippen molar-refractivity contribution < 1.29 is 27.1 Å². The summed E-state index contributed by atoms with van der Waals surface area (Å²) in [5.74, 6) is -2.11. The molecule has 1 saturated carbocycles. The maximum atomic E-state index is 13.7. The number of aromatic nitrogens is 4. The Morgan fingerprint density at radius 2 is 1.89 bits per heavy atom. The zero-order chi connectivity index (χ0) is 25.2. The van der Waals surface area contributed by atoms with E-state index in [2.05, 4.69) is 20.4 Å². The highest BCUT2D eigenvalue weighted by atomic mass is 19.4. The van der Waals surface area contributed by atoms with Gasteiger partial charge < -0.3 is 15.8 Å². The summed E-state index contributed by atoms with van der Waals surface area (Å²) in [5.41, 5.74) is 3.87. The first kappa shape index (κ1) is 24.4. The predicted octanol–water partition coefficient (Wildman–Crippen LogP) is 4.04. The van der Waals surface area contributed by atoms with Crippen LogP contribution in [-0.4, -0.2) is 39.3 Å². The molecule has 8 nitrogen and oxygen atoms in total. The van der Waals surface area contributed by atoms with Crippen LogP contribution in [0.25, 0.3) is 5.95 Å². The topological polar surface area (TPSA) is 108 Å². The molecule has 12 heteroatoms. The van der Waals surface area contributed by atoms with Crippen LogP contribution in [0.3, 0.4) is 0 Å². The van der Waals surface area contributed by atoms with Crippen molar-refractivity contribution in [3.63, 3.8) is 0 Å². The lowest BCUT2D eigenvalue weighted by Gasteiger charge is -2.38. The van der Waals surface area contributed by atoms with E-state index in [9.17, 15) is 22.4 Å². The number of ether oxygens (including phenoxy) is 1. The molecule has 3 aromatic rings. The molecule has 0 spiro atoms. The van der Waals surface area contributed by atoms with Crippen LogP contribution in [0, 0.1) is 5.82 Å². The number of anilines is 1. The van der Waals surface area contributed by atoms with Gasteiger partial charge in [-0.3, -0.25) is 4.79 Å². The number of nitrogens with two attached hydrogens (primary N) is 1.